The zero-order chi connectivity index (χ0) is 17.2. The molecule has 1 aromatic carbocycles. The molecule has 0 saturated carbocycles. The molecule has 1 fully saturated rings. The van der Waals surface area contributed by atoms with Gasteiger partial charge >= 0.3 is 5.69 Å². The van der Waals surface area contributed by atoms with Crippen LogP contribution in [0.1, 0.15) is 10.4 Å². The molecule has 2 aromatic heterocycles. The Balaban J connectivity index is 1.49. The number of morpholine rings is 1. The van der Waals surface area contributed by atoms with Gasteiger partial charge in [0, 0.05) is 30.7 Å². The zero-order valence-electron chi connectivity index (χ0n) is 13.4. The molecular weight excluding hydrogens is 322 g/mol. The Labute approximate surface area is 143 Å². The van der Waals surface area contributed by atoms with E-state index in [0.717, 1.165) is 32.0 Å². The second-order valence-corrected chi connectivity index (χ2v) is 5.78. The monoisotopic (exact) mass is 339 g/mol. The van der Waals surface area contributed by atoms with E-state index in [9.17, 15) is 9.59 Å². The molecule has 0 spiro atoms. The third-order valence-electron chi connectivity index (χ3n) is 4.18. The topological polar surface area (TPSA) is 91.7 Å². The van der Waals surface area contributed by atoms with E-state index in [1.54, 1.807) is 12.1 Å². The Morgan fingerprint density at radius 2 is 1.88 bits per heavy atom. The summed E-state index contributed by atoms with van der Waals surface area (Å²) < 4.78 is 6.65. The minimum Gasteiger partial charge on any atom is -0.378 e. The number of aromatic amines is 1. The number of fused-ring (bicyclic) bond motifs is 1. The maximum Gasteiger partial charge on any atom is 0.347 e. The molecule has 8 nitrogen and oxygen atoms in total. The molecule has 1 amide bonds. The lowest BCUT2D eigenvalue weighted by Gasteiger charge is -2.28. The number of nitrogens with one attached hydrogen (secondary N) is 2. The van der Waals surface area contributed by atoms with Gasteiger partial charge in [0.15, 0.2) is 5.65 Å². The predicted molar refractivity (Wildman–Crippen MR) is 93.2 cm³/mol. The molecule has 3 heterocycles. The van der Waals surface area contributed by atoms with Crippen molar-refractivity contribution in [1.29, 1.82) is 0 Å². The number of anilines is 2. The fraction of sp³-hybridized carbons (Fsp3) is 0.235. The van der Waals surface area contributed by atoms with Crippen LogP contribution in [0, 0.1) is 0 Å². The molecule has 4 rings (SSSR count). The van der Waals surface area contributed by atoms with E-state index in [2.05, 4.69) is 20.4 Å². The highest BCUT2D eigenvalue weighted by Crippen LogP contribution is 2.19. The molecule has 8 heteroatoms. The quantitative estimate of drug-likeness (QED) is 0.746. The molecule has 0 aliphatic carbocycles. The number of amides is 1. The van der Waals surface area contributed by atoms with E-state index in [1.807, 2.05) is 24.3 Å². The molecule has 128 valence electrons. The first-order chi connectivity index (χ1) is 12.2. The van der Waals surface area contributed by atoms with E-state index < -0.39 is 0 Å². The summed E-state index contributed by atoms with van der Waals surface area (Å²) in [6.45, 7) is 3.19. The van der Waals surface area contributed by atoms with Gasteiger partial charge in [-0.2, -0.15) is 5.10 Å². The molecule has 25 heavy (non-hydrogen) atoms. The number of nitrogens with zero attached hydrogens (tertiary/aromatic N) is 3. The van der Waals surface area contributed by atoms with Gasteiger partial charge in [0.2, 0.25) is 0 Å². The summed E-state index contributed by atoms with van der Waals surface area (Å²) in [5.41, 5.74) is 2.28. The van der Waals surface area contributed by atoms with Gasteiger partial charge in [-0.15, -0.1) is 0 Å². The number of carbonyl (C=O) groups excluding carboxylic acids is 1. The first-order valence-electron chi connectivity index (χ1n) is 8.02. The van der Waals surface area contributed by atoms with Crippen molar-refractivity contribution in [3.8, 4) is 0 Å². The van der Waals surface area contributed by atoms with Crippen molar-refractivity contribution >= 4 is 22.9 Å². The predicted octanol–water partition coefficient (Wildman–Crippen LogP) is 1.11. The highest BCUT2D eigenvalue weighted by molar-refractivity contribution is 6.04. The van der Waals surface area contributed by atoms with Crippen LogP contribution < -0.4 is 15.9 Å². The van der Waals surface area contributed by atoms with Crippen molar-refractivity contribution in [2.45, 2.75) is 0 Å². The van der Waals surface area contributed by atoms with Crippen LogP contribution in [0.5, 0.6) is 0 Å². The van der Waals surface area contributed by atoms with Crippen LogP contribution >= 0.6 is 0 Å². The maximum absolute atomic E-state index is 12.4. The number of H-pyrrole nitrogens is 1. The molecule has 0 atom stereocenters. The number of hydrogen-bond donors (Lipinski definition) is 2. The van der Waals surface area contributed by atoms with Crippen molar-refractivity contribution in [3.63, 3.8) is 0 Å². The van der Waals surface area contributed by atoms with E-state index in [-0.39, 0.29) is 11.6 Å². The fourth-order valence-corrected chi connectivity index (χ4v) is 2.82. The van der Waals surface area contributed by atoms with Gasteiger partial charge in [0.25, 0.3) is 5.91 Å². The van der Waals surface area contributed by atoms with E-state index in [0.29, 0.717) is 16.9 Å². The molecule has 0 unspecified atom stereocenters. The molecule has 3 aromatic rings. The summed E-state index contributed by atoms with van der Waals surface area (Å²) in [5.74, 6) is -0.283. The van der Waals surface area contributed by atoms with Crippen molar-refractivity contribution in [2.75, 3.05) is 36.5 Å². The SMILES string of the molecule is O=C(Nc1ccc(N2CCOCC2)cc1)c1ccc2n[nH]c(=O)n2c1. The Bertz CT molecular complexity index is 954. The Kier molecular flexibility index (Phi) is 3.95. The van der Waals surface area contributed by atoms with Gasteiger partial charge in [0.1, 0.15) is 0 Å². The van der Waals surface area contributed by atoms with Crippen LogP contribution in [0.3, 0.4) is 0 Å². The average molecular weight is 339 g/mol. The number of pyridine rings is 1. The fourth-order valence-electron chi connectivity index (χ4n) is 2.82. The van der Waals surface area contributed by atoms with Gasteiger partial charge in [-0.1, -0.05) is 0 Å². The van der Waals surface area contributed by atoms with Gasteiger partial charge in [-0.05, 0) is 36.4 Å². The molecule has 1 aliphatic rings. The van der Waals surface area contributed by atoms with Crippen LogP contribution in [0.15, 0.2) is 47.4 Å². The van der Waals surface area contributed by atoms with Gasteiger partial charge < -0.3 is 15.0 Å². The summed E-state index contributed by atoms with van der Waals surface area (Å²) in [7, 11) is 0. The second-order valence-electron chi connectivity index (χ2n) is 5.78. The van der Waals surface area contributed by atoms with Crippen molar-refractivity contribution < 1.29 is 9.53 Å². The van der Waals surface area contributed by atoms with Crippen molar-refractivity contribution in [1.82, 2.24) is 14.6 Å². The molecule has 1 aliphatic heterocycles. The number of rotatable bonds is 3. The Morgan fingerprint density at radius 3 is 2.64 bits per heavy atom. The van der Waals surface area contributed by atoms with Crippen LogP contribution in [0.25, 0.3) is 5.65 Å². The number of hydrogen-bond acceptors (Lipinski definition) is 5. The summed E-state index contributed by atoms with van der Waals surface area (Å²) in [4.78, 5) is 26.2. The number of benzene rings is 1. The zero-order valence-corrected chi connectivity index (χ0v) is 13.4. The van der Waals surface area contributed by atoms with E-state index in [4.69, 9.17) is 4.74 Å². The largest absolute Gasteiger partial charge is 0.378 e. The molecule has 0 radical (unpaired) electrons. The molecule has 2 N–H and O–H groups in total. The van der Waals surface area contributed by atoms with Crippen LogP contribution in [-0.4, -0.2) is 46.8 Å². The highest BCUT2D eigenvalue weighted by atomic mass is 16.5. The lowest BCUT2D eigenvalue weighted by atomic mass is 10.2. The smallest absolute Gasteiger partial charge is 0.347 e. The third kappa shape index (κ3) is 3.11. The summed E-state index contributed by atoms with van der Waals surface area (Å²) in [6, 6.07) is 10.9. The minimum absolute atomic E-state index is 0.283. The van der Waals surface area contributed by atoms with Gasteiger partial charge in [0.05, 0.1) is 18.8 Å². The summed E-state index contributed by atoms with van der Waals surface area (Å²) in [5, 5.41) is 9.02. The summed E-state index contributed by atoms with van der Waals surface area (Å²) in [6.07, 6.45) is 1.47. The maximum atomic E-state index is 12.4. The minimum atomic E-state index is -0.375. The normalized spacial score (nSPS) is 14.6. The van der Waals surface area contributed by atoms with Crippen molar-refractivity contribution in [3.05, 3.63) is 58.6 Å². The van der Waals surface area contributed by atoms with Gasteiger partial charge in [-0.25, -0.2) is 14.3 Å². The number of aromatic nitrogens is 3. The van der Waals surface area contributed by atoms with E-state index in [1.165, 1.54) is 10.6 Å². The average Bonchev–Trinajstić information content (AvgIpc) is 3.03. The van der Waals surface area contributed by atoms with Crippen LogP contribution in [-0.2, 0) is 4.74 Å². The molecular formula is C17H17N5O3. The van der Waals surface area contributed by atoms with Gasteiger partial charge in [-0.3, -0.25) is 4.79 Å². The number of carbonyl (C=O) groups is 1. The lowest BCUT2D eigenvalue weighted by molar-refractivity contribution is 0.102. The lowest BCUT2D eigenvalue weighted by Crippen LogP contribution is -2.36. The first-order valence-corrected chi connectivity index (χ1v) is 8.02. The molecule has 0 bridgehead atoms. The van der Waals surface area contributed by atoms with Crippen molar-refractivity contribution in [2.24, 2.45) is 0 Å². The van der Waals surface area contributed by atoms with Crippen LogP contribution in [0.4, 0.5) is 11.4 Å². The Morgan fingerprint density at radius 1 is 1.12 bits per heavy atom. The van der Waals surface area contributed by atoms with Crippen LogP contribution in [0.2, 0.25) is 0 Å². The standard InChI is InChI=1S/C17H17N5O3/c23-16(12-1-6-15-19-20-17(24)22(15)11-12)18-13-2-4-14(5-3-13)21-7-9-25-10-8-21/h1-6,11H,7-10H2,(H,18,23)(H,20,24). The Hall–Kier alpha value is -3.13. The second kappa shape index (κ2) is 6.40. The highest BCUT2D eigenvalue weighted by Gasteiger charge is 2.12. The summed E-state index contributed by atoms with van der Waals surface area (Å²) >= 11 is 0. The van der Waals surface area contributed by atoms with E-state index >= 15 is 0 Å². The number of ether oxygens (including phenoxy) is 1. The molecule has 1 saturated heterocycles. The first kappa shape index (κ1) is 15.4. The third-order valence-corrected chi connectivity index (χ3v) is 4.18.